The predicted molar refractivity (Wildman–Crippen MR) is 170 cm³/mol. The zero-order chi connectivity index (χ0) is 34.9. The molecule has 11 nitrogen and oxygen atoms in total. The number of benzene rings is 2. The molecule has 4 aromatic rings. The molecule has 0 spiro atoms. The highest BCUT2D eigenvalue weighted by molar-refractivity contribution is 5.82. The summed E-state index contributed by atoms with van der Waals surface area (Å²) in [5, 5.41) is -0.0507. The fourth-order valence-electron chi connectivity index (χ4n) is 5.00. The summed E-state index contributed by atoms with van der Waals surface area (Å²) in [6.45, 7) is 8.96. The molecule has 14 heteroatoms. The van der Waals surface area contributed by atoms with Gasteiger partial charge in [0, 0.05) is 6.54 Å². The van der Waals surface area contributed by atoms with Crippen LogP contribution in [0.1, 0.15) is 71.8 Å². The molecule has 2 aromatic carbocycles. The van der Waals surface area contributed by atoms with E-state index < -0.39 is 47.0 Å². The third-order valence-corrected chi connectivity index (χ3v) is 7.26. The Kier molecular flexibility index (Phi) is 10.0. The highest BCUT2D eigenvalue weighted by Gasteiger charge is 2.31. The number of fused-ring (bicyclic) bond motifs is 2. The average molecular weight is 660 g/mol. The summed E-state index contributed by atoms with van der Waals surface area (Å²) < 4.78 is 54.2. The Morgan fingerprint density at radius 1 is 0.915 bits per heavy atom. The first kappa shape index (κ1) is 35.4. The van der Waals surface area contributed by atoms with E-state index >= 15 is 0 Å². The predicted octanol–water partition coefficient (Wildman–Crippen LogP) is 4.83. The molecule has 2 aromatic heterocycles. The molecule has 254 valence electrons. The second-order valence-electron chi connectivity index (χ2n) is 13.4. The van der Waals surface area contributed by atoms with E-state index in [1.54, 1.807) is 65.8 Å². The smallest absolute Gasteiger partial charge is 0.406 e. The Morgan fingerprint density at radius 3 is 2.23 bits per heavy atom. The number of hydrogen-bond donors (Lipinski definition) is 1. The average Bonchev–Trinajstić information content (AvgIpc) is 3.31. The summed E-state index contributed by atoms with van der Waals surface area (Å²) in [7, 11) is 0. The van der Waals surface area contributed by atoms with Crippen LogP contribution in [-0.4, -0.2) is 49.0 Å². The minimum absolute atomic E-state index is 0.0507. The maximum Gasteiger partial charge on any atom is 0.406 e. The number of rotatable bonds is 10. The minimum Gasteiger partial charge on any atom is -0.465 e. The number of carbonyl (C=O) groups excluding carboxylic acids is 2. The van der Waals surface area contributed by atoms with Crippen LogP contribution in [0.5, 0.6) is 0 Å². The molecular formula is C33H40F3N5O6. The van der Waals surface area contributed by atoms with Crippen LogP contribution < -0.4 is 17.0 Å². The first-order chi connectivity index (χ1) is 21.8. The number of nitrogens with two attached hydrogens (primary N) is 1. The van der Waals surface area contributed by atoms with Crippen molar-refractivity contribution in [2.75, 3.05) is 6.61 Å². The van der Waals surface area contributed by atoms with Gasteiger partial charge < -0.3 is 19.8 Å². The number of alkyl halides is 3. The molecule has 0 saturated heterocycles. The molecule has 0 radical (unpaired) electrons. The number of ether oxygens (including phenoxy) is 2. The third-order valence-electron chi connectivity index (χ3n) is 7.26. The normalized spacial score (nSPS) is 13.2. The second-order valence-corrected chi connectivity index (χ2v) is 13.4. The number of unbranched alkanes of at least 4 members (excludes halogenated alkanes) is 1. The number of aryl methyl sites for hydroxylation is 1. The highest BCUT2D eigenvalue weighted by Crippen LogP contribution is 2.25. The van der Waals surface area contributed by atoms with Crippen LogP contribution in [0.4, 0.5) is 13.2 Å². The number of imidazole rings is 1. The molecule has 0 bridgehead atoms. The Labute approximate surface area is 269 Å². The molecule has 0 amide bonds. The Bertz CT molecular complexity index is 1910. The SMILES string of the molecule is CC(C)(C)OC(=O)C(N)c1ccc2c(c1)nc(Cn1c(=O)n(CC(F)(F)F)c(=O)c3ccccc31)n2CCCCOC(=O)C(C)(C)C. The van der Waals surface area contributed by atoms with Gasteiger partial charge in [-0.25, -0.2) is 14.6 Å². The zero-order valence-corrected chi connectivity index (χ0v) is 27.3. The zero-order valence-electron chi connectivity index (χ0n) is 27.3. The molecule has 0 aliphatic heterocycles. The lowest BCUT2D eigenvalue weighted by Crippen LogP contribution is -2.43. The number of aromatic nitrogens is 4. The quantitative estimate of drug-likeness (QED) is 0.189. The number of para-hydroxylation sites is 1. The van der Waals surface area contributed by atoms with E-state index in [4.69, 9.17) is 20.2 Å². The van der Waals surface area contributed by atoms with E-state index in [2.05, 4.69) is 0 Å². The molecule has 1 unspecified atom stereocenters. The molecule has 2 N–H and O–H groups in total. The number of esters is 2. The summed E-state index contributed by atoms with van der Waals surface area (Å²) >= 11 is 0. The molecule has 0 aliphatic rings. The summed E-state index contributed by atoms with van der Waals surface area (Å²) in [5.41, 5.74) is 4.26. The lowest BCUT2D eigenvalue weighted by atomic mass is 9.97. The minimum atomic E-state index is -4.81. The molecule has 2 heterocycles. The van der Waals surface area contributed by atoms with Crippen molar-refractivity contribution in [1.29, 1.82) is 0 Å². The largest absolute Gasteiger partial charge is 0.465 e. The standard InChI is InChI=1S/C33H40F3N5O6/c1-31(2,3)29(44)46-16-10-9-15-39-24-14-13-20(26(37)28(43)47-32(4,5)6)17-22(24)38-25(39)18-40-23-12-8-7-11-21(23)27(42)41(30(40)45)19-33(34,35)36/h7-8,11-14,17,26H,9-10,15-16,18-19,37H2,1-6H3. The first-order valence-corrected chi connectivity index (χ1v) is 15.2. The number of halogens is 3. The van der Waals surface area contributed by atoms with Crippen LogP contribution in [-0.2, 0) is 38.7 Å². The van der Waals surface area contributed by atoms with Crippen LogP contribution in [0.3, 0.4) is 0 Å². The summed E-state index contributed by atoms with van der Waals surface area (Å²) in [6, 6.07) is 9.84. The van der Waals surface area contributed by atoms with E-state index in [1.807, 2.05) is 4.57 Å². The second kappa shape index (κ2) is 13.3. The van der Waals surface area contributed by atoms with E-state index in [-0.39, 0.29) is 34.6 Å². The molecule has 1 atom stereocenters. The van der Waals surface area contributed by atoms with Gasteiger partial charge in [-0.3, -0.25) is 18.7 Å². The molecular weight excluding hydrogens is 619 g/mol. The third kappa shape index (κ3) is 8.47. The van der Waals surface area contributed by atoms with Crippen molar-refractivity contribution in [2.45, 2.75) is 91.8 Å². The van der Waals surface area contributed by atoms with E-state index in [0.717, 1.165) is 4.57 Å². The van der Waals surface area contributed by atoms with Crippen LogP contribution in [0, 0.1) is 5.41 Å². The van der Waals surface area contributed by atoms with Gasteiger partial charge in [-0.05, 0) is 84.2 Å². The Balaban J connectivity index is 1.77. The number of carbonyl (C=O) groups is 2. The maximum absolute atomic E-state index is 13.5. The van der Waals surface area contributed by atoms with Crippen molar-refractivity contribution in [1.82, 2.24) is 18.7 Å². The number of nitrogens with zero attached hydrogens (tertiary/aromatic N) is 4. The van der Waals surface area contributed by atoms with Crippen LogP contribution >= 0.6 is 0 Å². The van der Waals surface area contributed by atoms with E-state index in [9.17, 15) is 32.3 Å². The lowest BCUT2D eigenvalue weighted by Gasteiger charge is -2.22. The van der Waals surface area contributed by atoms with Gasteiger partial charge >= 0.3 is 23.8 Å². The summed E-state index contributed by atoms with van der Waals surface area (Å²) in [6.07, 6.45) is -3.78. The monoisotopic (exact) mass is 659 g/mol. The molecule has 0 saturated carbocycles. The fraction of sp³-hybridized carbons (Fsp3) is 0.485. The summed E-state index contributed by atoms with van der Waals surface area (Å²) in [4.78, 5) is 56.0. The fourth-order valence-corrected chi connectivity index (χ4v) is 5.00. The molecule has 0 fully saturated rings. The summed E-state index contributed by atoms with van der Waals surface area (Å²) in [5.74, 6) is -0.647. The van der Waals surface area contributed by atoms with E-state index in [1.165, 1.54) is 18.2 Å². The van der Waals surface area contributed by atoms with Gasteiger partial charge in [0.25, 0.3) is 5.56 Å². The molecule has 47 heavy (non-hydrogen) atoms. The van der Waals surface area contributed by atoms with Gasteiger partial charge in [0.2, 0.25) is 0 Å². The van der Waals surface area contributed by atoms with Gasteiger partial charge in [-0.2, -0.15) is 13.2 Å². The lowest BCUT2D eigenvalue weighted by molar-refractivity contribution is -0.156. The van der Waals surface area contributed by atoms with Crippen molar-refractivity contribution in [2.24, 2.45) is 11.1 Å². The maximum atomic E-state index is 13.5. The van der Waals surface area contributed by atoms with Gasteiger partial charge in [-0.15, -0.1) is 0 Å². The van der Waals surface area contributed by atoms with E-state index in [0.29, 0.717) is 41.8 Å². The van der Waals surface area contributed by atoms with Crippen LogP contribution in [0.25, 0.3) is 21.9 Å². The first-order valence-electron chi connectivity index (χ1n) is 15.2. The number of hydrogen-bond acceptors (Lipinski definition) is 8. The van der Waals surface area contributed by atoms with Crippen molar-refractivity contribution < 1.29 is 32.2 Å². The van der Waals surface area contributed by atoms with Crippen LogP contribution in [0.15, 0.2) is 52.1 Å². The van der Waals surface area contributed by atoms with Gasteiger partial charge in [0.1, 0.15) is 24.0 Å². The topological polar surface area (TPSA) is 140 Å². The molecule has 4 rings (SSSR count). The Morgan fingerprint density at radius 2 is 1.60 bits per heavy atom. The van der Waals surface area contributed by atoms with Crippen molar-refractivity contribution >= 4 is 33.9 Å². The Hall–Kier alpha value is -4.46. The highest BCUT2D eigenvalue weighted by atomic mass is 19.4. The van der Waals surface area contributed by atoms with Crippen molar-refractivity contribution in [3.05, 3.63) is 74.7 Å². The van der Waals surface area contributed by atoms with Gasteiger partial charge in [-0.1, -0.05) is 18.2 Å². The van der Waals surface area contributed by atoms with Crippen molar-refractivity contribution in [3.63, 3.8) is 0 Å². The van der Waals surface area contributed by atoms with Crippen LogP contribution in [0.2, 0.25) is 0 Å². The van der Waals surface area contributed by atoms with Crippen molar-refractivity contribution in [3.8, 4) is 0 Å². The van der Waals surface area contributed by atoms with Gasteiger partial charge in [0.15, 0.2) is 0 Å². The van der Waals surface area contributed by atoms with Gasteiger partial charge in [0.05, 0.1) is 40.5 Å². The molecule has 0 aliphatic carbocycles.